The Bertz CT molecular complexity index is 696. The smallest absolute Gasteiger partial charge is 0.261 e. The molecule has 2 N–H and O–H groups in total. The van der Waals surface area contributed by atoms with Crippen LogP contribution in [0, 0.1) is 6.92 Å². The first-order valence-corrected chi connectivity index (χ1v) is 7.74. The lowest BCUT2D eigenvalue weighted by Gasteiger charge is -2.09. The van der Waals surface area contributed by atoms with Gasteiger partial charge in [-0.3, -0.25) is 4.72 Å². The van der Waals surface area contributed by atoms with E-state index in [2.05, 4.69) is 20.7 Å². The van der Waals surface area contributed by atoms with E-state index in [1.54, 1.807) is 12.1 Å². The molecule has 2 aromatic carbocycles. The number of benzene rings is 2. The summed E-state index contributed by atoms with van der Waals surface area (Å²) in [6.45, 7) is 1.92. The molecule has 0 saturated carbocycles. The lowest BCUT2D eigenvalue weighted by atomic mass is 10.2. The molecule has 2 rings (SSSR count). The van der Waals surface area contributed by atoms with Gasteiger partial charge in [-0.15, -0.1) is 0 Å². The molecule has 0 fully saturated rings. The zero-order valence-electron chi connectivity index (χ0n) is 10.1. The van der Waals surface area contributed by atoms with Crippen molar-refractivity contribution in [2.24, 2.45) is 0 Å². The third kappa shape index (κ3) is 3.27. The van der Waals surface area contributed by atoms with Gasteiger partial charge >= 0.3 is 0 Å². The second-order valence-corrected chi connectivity index (χ2v) is 6.60. The van der Waals surface area contributed by atoms with E-state index in [4.69, 9.17) is 5.11 Å². The van der Waals surface area contributed by atoms with Crippen molar-refractivity contribution in [1.82, 2.24) is 0 Å². The normalized spacial score (nSPS) is 11.3. The van der Waals surface area contributed by atoms with Crippen molar-refractivity contribution in [3.05, 3.63) is 52.5 Å². The van der Waals surface area contributed by atoms with Crippen molar-refractivity contribution in [3.63, 3.8) is 0 Å². The number of hydrogen-bond donors (Lipinski definition) is 2. The van der Waals surface area contributed by atoms with Gasteiger partial charge in [0.15, 0.2) is 0 Å². The Kier molecular flexibility index (Phi) is 3.82. The number of anilines is 1. The maximum atomic E-state index is 12.1. The molecule has 0 unspecified atom stereocenters. The number of hydrogen-bond acceptors (Lipinski definition) is 3. The Hall–Kier alpha value is -1.53. The van der Waals surface area contributed by atoms with Crippen LogP contribution in [0.2, 0.25) is 0 Å². The maximum absolute atomic E-state index is 12.1. The topological polar surface area (TPSA) is 66.4 Å². The molecule has 4 nitrogen and oxygen atoms in total. The van der Waals surface area contributed by atoms with Crippen LogP contribution in [-0.2, 0) is 10.0 Å². The molecule has 0 aliphatic carbocycles. The Morgan fingerprint density at radius 3 is 2.32 bits per heavy atom. The number of phenols is 1. The second-order valence-electron chi connectivity index (χ2n) is 4.06. The summed E-state index contributed by atoms with van der Waals surface area (Å²) in [6.07, 6.45) is 0. The van der Waals surface area contributed by atoms with Gasteiger partial charge in [0, 0.05) is 10.2 Å². The number of nitrogens with one attached hydrogen (secondary N) is 1. The van der Waals surface area contributed by atoms with Gasteiger partial charge in [0.2, 0.25) is 0 Å². The van der Waals surface area contributed by atoms with Gasteiger partial charge in [-0.2, -0.15) is 0 Å². The van der Waals surface area contributed by atoms with Gasteiger partial charge in [0.25, 0.3) is 10.0 Å². The zero-order valence-corrected chi connectivity index (χ0v) is 12.5. The third-order valence-corrected chi connectivity index (χ3v) is 4.82. The van der Waals surface area contributed by atoms with Crippen LogP contribution in [0.3, 0.4) is 0 Å². The molecular formula is C13H12BrNO3S. The van der Waals surface area contributed by atoms with E-state index in [9.17, 15) is 8.42 Å². The van der Waals surface area contributed by atoms with Crippen molar-refractivity contribution in [1.29, 1.82) is 0 Å². The highest BCUT2D eigenvalue weighted by molar-refractivity contribution is 9.10. The number of sulfonamides is 1. The summed E-state index contributed by atoms with van der Waals surface area (Å²) >= 11 is 3.35. The van der Waals surface area contributed by atoms with E-state index < -0.39 is 10.0 Å². The van der Waals surface area contributed by atoms with Crippen LogP contribution < -0.4 is 4.72 Å². The molecule has 0 saturated heterocycles. The van der Waals surface area contributed by atoms with Crippen LogP contribution in [0.4, 0.5) is 5.69 Å². The molecule has 0 bridgehead atoms. The molecule has 100 valence electrons. The minimum atomic E-state index is -3.64. The van der Waals surface area contributed by atoms with Crippen LogP contribution in [-0.4, -0.2) is 13.5 Å². The molecule has 0 atom stereocenters. The Labute approximate surface area is 120 Å². The number of aromatic hydroxyl groups is 1. The van der Waals surface area contributed by atoms with Gasteiger partial charge in [-0.25, -0.2) is 8.42 Å². The summed E-state index contributed by atoms with van der Waals surface area (Å²) in [5.41, 5.74) is 1.50. The number of phenolic OH excluding ortho intramolecular Hbond substituents is 1. The summed E-state index contributed by atoms with van der Waals surface area (Å²) in [6, 6.07) is 10.6. The summed E-state index contributed by atoms with van der Waals surface area (Å²) in [4.78, 5) is 0.0991. The second kappa shape index (κ2) is 5.22. The predicted molar refractivity (Wildman–Crippen MR) is 77.8 cm³/mol. The lowest BCUT2D eigenvalue weighted by Crippen LogP contribution is -2.12. The number of rotatable bonds is 3. The quantitative estimate of drug-likeness (QED) is 0.900. The highest BCUT2D eigenvalue weighted by atomic mass is 79.9. The van der Waals surface area contributed by atoms with E-state index in [0.717, 1.165) is 10.0 Å². The van der Waals surface area contributed by atoms with Gasteiger partial charge in [0.1, 0.15) is 5.75 Å². The van der Waals surface area contributed by atoms with Crippen molar-refractivity contribution >= 4 is 31.6 Å². The zero-order chi connectivity index (χ0) is 14.0. The van der Waals surface area contributed by atoms with Crippen LogP contribution in [0.5, 0.6) is 5.75 Å². The van der Waals surface area contributed by atoms with Gasteiger partial charge in [-0.05, 0) is 48.9 Å². The lowest BCUT2D eigenvalue weighted by molar-refractivity contribution is 0.475. The Morgan fingerprint density at radius 2 is 1.74 bits per heavy atom. The molecule has 0 amide bonds. The molecule has 0 aliphatic rings. The van der Waals surface area contributed by atoms with E-state index in [1.165, 1.54) is 24.3 Å². The summed E-state index contributed by atoms with van der Waals surface area (Å²) in [7, 11) is -3.64. The fourth-order valence-corrected chi connectivity index (χ4v) is 2.92. The molecule has 0 heterocycles. The SMILES string of the molecule is Cc1ccc(NS(=O)(=O)c2ccc(O)cc2)cc1Br. The standard InChI is InChI=1S/C13H12BrNO3S/c1-9-2-3-10(8-13(9)14)15-19(17,18)12-6-4-11(16)5-7-12/h2-8,15-16H,1H3. The highest BCUT2D eigenvalue weighted by Gasteiger charge is 2.14. The molecule has 0 aliphatic heterocycles. The average Bonchev–Trinajstić information content (AvgIpc) is 2.34. The van der Waals surface area contributed by atoms with Crippen LogP contribution in [0.1, 0.15) is 5.56 Å². The number of aryl methyl sites for hydroxylation is 1. The van der Waals surface area contributed by atoms with E-state index in [1.807, 2.05) is 13.0 Å². The third-order valence-electron chi connectivity index (χ3n) is 2.57. The molecule has 6 heteroatoms. The largest absolute Gasteiger partial charge is 0.508 e. The summed E-state index contributed by atoms with van der Waals surface area (Å²) in [5, 5.41) is 9.16. The van der Waals surface area contributed by atoms with E-state index in [-0.39, 0.29) is 10.6 Å². The fourth-order valence-electron chi connectivity index (χ4n) is 1.50. The first-order valence-electron chi connectivity index (χ1n) is 5.46. The molecule has 0 aromatic heterocycles. The van der Waals surface area contributed by atoms with Crippen molar-refractivity contribution in [3.8, 4) is 5.75 Å². The van der Waals surface area contributed by atoms with Crippen LogP contribution >= 0.6 is 15.9 Å². The van der Waals surface area contributed by atoms with Crippen molar-refractivity contribution in [2.75, 3.05) is 4.72 Å². The predicted octanol–water partition coefficient (Wildman–Crippen LogP) is 3.26. The van der Waals surface area contributed by atoms with Crippen LogP contribution in [0.15, 0.2) is 51.8 Å². The minimum absolute atomic E-state index is 0.0250. The monoisotopic (exact) mass is 341 g/mol. The highest BCUT2D eigenvalue weighted by Crippen LogP contribution is 2.23. The van der Waals surface area contributed by atoms with Crippen molar-refractivity contribution in [2.45, 2.75) is 11.8 Å². The molecule has 2 aromatic rings. The van der Waals surface area contributed by atoms with Gasteiger partial charge < -0.3 is 5.11 Å². The molecule has 0 spiro atoms. The van der Waals surface area contributed by atoms with E-state index >= 15 is 0 Å². The first-order chi connectivity index (χ1) is 8.88. The van der Waals surface area contributed by atoms with Gasteiger partial charge in [-0.1, -0.05) is 22.0 Å². The average molecular weight is 342 g/mol. The molecule has 0 radical (unpaired) electrons. The van der Waals surface area contributed by atoms with Crippen LogP contribution in [0.25, 0.3) is 0 Å². The summed E-state index contributed by atoms with van der Waals surface area (Å²) < 4.78 is 27.5. The Balaban J connectivity index is 2.30. The summed E-state index contributed by atoms with van der Waals surface area (Å²) in [5.74, 6) is 0.0250. The van der Waals surface area contributed by atoms with E-state index in [0.29, 0.717) is 5.69 Å². The fraction of sp³-hybridized carbons (Fsp3) is 0.0769. The molecular weight excluding hydrogens is 330 g/mol. The number of halogens is 1. The van der Waals surface area contributed by atoms with Crippen molar-refractivity contribution < 1.29 is 13.5 Å². The maximum Gasteiger partial charge on any atom is 0.261 e. The minimum Gasteiger partial charge on any atom is -0.508 e. The molecule has 19 heavy (non-hydrogen) atoms. The van der Waals surface area contributed by atoms with Gasteiger partial charge in [0.05, 0.1) is 4.90 Å². The first kappa shape index (κ1) is 13.9. The Morgan fingerprint density at radius 1 is 1.11 bits per heavy atom.